The Morgan fingerprint density at radius 1 is 1.15 bits per heavy atom. The molecule has 0 spiro atoms. The first-order chi connectivity index (χ1) is 12.5. The van der Waals surface area contributed by atoms with Gasteiger partial charge < -0.3 is 14.8 Å². The highest BCUT2D eigenvalue weighted by Crippen LogP contribution is 2.32. The monoisotopic (exact) mass is 372 g/mol. The highest BCUT2D eigenvalue weighted by molar-refractivity contribution is 6.32. The Balaban J connectivity index is 1.46. The molecule has 7 heteroatoms. The smallest absolute Gasteiger partial charge is 0.251 e. The first-order valence-electron chi connectivity index (χ1n) is 8.28. The van der Waals surface area contributed by atoms with Gasteiger partial charge in [0.15, 0.2) is 11.5 Å². The molecule has 0 bridgehead atoms. The van der Waals surface area contributed by atoms with Crippen LogP contribution in [0.3, 0.4) is 0 Å². The number of carbonyl (C=O) groups excluding carboxylic acids is 2. The molecular weight excluding hydrogens is 356 g/mol. The van der Waals surface area contributed by atoms with Crippen molar-refractivity contribution < 1.29 is 19.1 Å². The Bertz CT molecular complexity index is 899. The van der Waals surface area contributed by atoms with Crippen LogP contribution in [0.5, 0.6) is 11.5 Å². The highest BCUT2D eigenvalue weighted by Gasteiger charge is 2.39. The number of nitrogens with one attached hydrogen (secondary N) is 1. The summed E-state index contributed by atoms with van der Waals surface area (Å²) >= 11 is 6.12. The van der Waals surface area contributed by atoms with Crippen LogP contribution in [0.4, 0.5) is 5.69 Å². The number of aryl methyl sites for hydroxylation is 1. The Morgan fingerprint density at radius 2 is 1.96 bits per heavy atom. The van der Waals surface area contributed by atoms with Crippen LogP contribution in [-0.4, -0.2) is 24.6 Å². The Kier molecular flexibility index (Phi) is 4.30. The summed E-state index contributed by atoms with van der Waals surface area (Å²) in [5.41, 5.74) is 2.35. The molecule has 2 aromatic rings. The van der Waals surface area contributed by atoms with Crippen molar-refractivity contribution >= 4 is 29.1 Å². The van der Waals surface area contributed by atoms with Crippen molar-refractivity contribution in [3.8, 4) is 11.5 Å². The van der Waals surface area contributed by atoms with Gasteiger partial charge in [0.05, 0.1) is 18.2 Å². The van der Waals surface area contributed by atoms with E-state index < -0.39 is 6.04 Å². The SMILES string of the molecule is Cc1ccc(N2C(=O)C[C@H](NCc3ccc4c(c3)OCO4)C2=O)cc1Cl. The summed E-state index contributed by atoms with van der Waals surface area (Å²) in [4.78, 5) is 26.2. The molecule has 4 rings (SSSR count). The molecule has 1 fully saturated rings. The second-order valence-electron chi connectivity index (χ2n) is 6.33. The van der Waals surface area contributed by atoms with Gasteiger partial charge in [-0.1, -0.05) is 23.7 Å². The van der Waals surface area contributed by atoms with E-state index in [0.717, 1.165) is 11.1 Å². The molecule has 2 heterocycles. The van der Waals surface area contributed by atoms with Crippen LogP contribution in [0.15, 0.2) is 36.4 Å². The lowest BCUT2D eigenvalue weighted by molar-refractivity contribution is -0.121. The number of imide groups is 1. The third kappa shape index (κ3) is 3.02. The molecule has 0 unspecified atom stereocenters. The first kappa shape index (κ1) is 16.9. The highest BCUT2D eigenvalue weighted by atomic mass is 35.5. The van der Waals surface area contributed by atoms with E-state index in [-0.39, 0.29) is 25.0 Å². The molecule has 134 valence electrons. The zero-order chi connectivity index (χ0) is 18.3. The van der Waals surface area contributed by atoms with E-state index in [2.05, 4.69) is 5.32 Å². The molecule has 0 aliphatic carbocycles. The number of hydrogen-bond acceptors (Lipinski definition) is 5. The number of carbonyl (C=O) groups is 2. The van der Waals surface area contributed by atoms with Crippen LogP contribution in [0.1, 0.15) is 17.5 Å². The van der Waals surface area contributed by atoms with Crippen molar-refractivity contribution in [2.24, 2.45) is 0 Å². The van der Waals surface area contributed by atoms with Crippen LogP contribution < -0.4 is 19.7 Å². The number of amides is 2. The topological polar surface area (TPSA) is 67.9 Å². The lowest BCUT2D eigenvalue weighted by Crippen LogP contribution is -2.38. The second-order valence-corrected chi connectivity index (χ2v) is 6.73. The zero-order valence-corrected chi connectivity index (χ0v) is 14.9. The summed E-state index contributed by atoms with van der Waals surface area (Å²) in [7, 11) is 0. The fourth-order valence-electron chi connectivity index (χ4n) is 3.08. The van der Waals surface area contributed by atoms with Crippen molar-refractivity contribution in [1.82, 2.24) is 5.32 Å². The minimum atomic E-state index is -0.562. The maximum atomic E-state index is 12.7. The predicted molar refractivity (Wildman–Crippen MR) is 96.5 cm³/mol. The van der Waals surface area contributed by atoms with E-state index in [4.69, 9.17) is 21.1 Å². The summed E-state index contributed by atoms with van der Waals surface area (Å²) in [6, 6.07) is 10.2. The normalized spacial score (nSPS) is 18.7. The van der Waals surface area contributed by atoms with Crippen molar-refractivity contribution in [3.05, 3.63) is 52.5 Å². The number of hydrogen-bond donors (Lipinski definition) is 1. The van der Waals surface area contributed by atoms with Gasteiger partial charge in [-0.15, -0.1) is 0 Å². The number of halogens is 1. The number of anilines is 1. The van der Waals surface area contributed by atoms with Crippen molar-refractivity contribution in [2.75, 3.05) is 11.7 Å². The fourth-order valence-corrected chi connectivity index (χ4v) is 3.25. The van der Waals surface area contributed by atoms with E-state index in [1.54, 1.807) is 18.2 Å². The van der Waals surface area contributed by atoms with Crippen LogP contribution in [0.2, 0.25) is 5.02 Å². The van der Waals surface area contributed by atoms with Gasteiger partial charge in [0, 0.05) is 11.6 Å². The third-order valence-corrected chi connectivity index (χ3v) is 4.96. The van der Waals surface area contributed by atoms with Gasteiger partial charge in [0.1, 0.15) is 0 Å². The Morgan fingerprint density at radius 3 is 2.77 bits per heavy atom. The zero-order valence-electron chi connectivity index (χ0n) is 14.1. The summed E-state index contributed by atoms with van der Waals surface area (Å²) in [5, 5.41) is 3.68. The fraction of sp³-hybridized carbons (Fsp3) is 0.263. The standard InChI is InChI=1S/C19H17ClN2O4/c1-11-2-4-13(7-14(11)20)22-18(23)8-15(19(22)24)21-9-12-3-5-16-17(6-12)26-10-25-16/h2-7,15,21H,8-10H2,1H3/t15-/m0/s1. The van der Waals surface area contributed by atoms with E-state index in [0.29, 0.717) is 28.8 Å². The summed E-state index contributed by atoms with van der Waals surface area (Å²) in [5.74, 6) is 0.895. The molecule has 0 saturated carbocycles. The number of rotatable bonds is 4. The Hall–Kier alpha value is -2.57. The molecule has 2 aromatic carbocycles. The summed E-state index contributed by atoms with van der Waals surface area (Å²) in [6.45, 7) is 2.54. The van der Waals surface area contributed by atoms with Gasteiger partial charge >= 0.3 is 0 Å². The number of nitrogens with zero attached hydrogens (tertiary/aromatic N) is 1. The molecule has 2 amide bonds. The lowest BCUT2D eigenvalue weighted by atomic mass is 10.1. The molecule has 1 N–H and O–H groups in total. The van der Waals surface area contributed by atoms with Gasteiger partial charge in [0.2, 0.25) is 12.7 Å². The van der Waals surface area contributed by atoms with Crippen molar-refractivity contribution in [2.45, 2.75) is 25.9 Å². The molecule has 1 saturated heterocycles. The van der Waals surface area contributed by atoms with Crippen LogP contribution in [0, 0.1) is 6.92 Å². The average Bonchev–Trinajstić information content (AvgIpc) is 3.19. The van der Waals surface area contributed by atoms with E-state index in [1.807, 2.05) is 25.1 Å². The van der Waals surface area contributed by atoms with Crippen molar-refractivity contribution in [1.29, 1.82) is 0 Å². The molecule has 0 radical (unpaired) electrons. The number of ether oxygens (including phenoxy) is 2. The minimum absolute atomic E-state index is 0.120. The third-order valence-electron chi connectivity index (χ3n) is 4.55. The maximum absolute atomic E-state index is 12.7. The predicted octanol–water partition coefficient (Wildman–Crippen LogP) is 2.80. The first-order valence-corrected chi connectivity index (χ1v) is 8.65. The Labute approximate surface area is 155 Å². The molecule has 2 aliphatic heterocycles. The van der Waals surface area contributed by atoms with Gasteiger partial charge in [0.25, 0.3) is 5.91 Å². The van der Waals surface area contributed by atoms with Gasteiger partial charge in [-0.25, -0.2) is 4.90 Å². The van der Waals surface area contributed by atoms with E-state index >= 15 is 0 Å². The van der Waals surface area contributed by atoms with Crippen LogP contribution in [-0.2, 0) is 16.1 Å². The van der Waals surface area contributed by atoms with Crippen molar-refractivity contribution in [3.63, 3.8) is 0 Å². The van der Waals surface area contributed by atoms with E-state index in [1.165, 1.54) is 4.90 Å². The molecule has 1 atom stereocenters. The van der Waals surface area contributed by atoms with Gasteiger partial charge in [-0.3, -0.25) is 9.59 Å². The quantitative estimate of drug-likeness (QED) is 0.836. The summed E-state index contributed by atoms with van der Waals surface area (Å²) < 4.78 is 10.6. The molecule has 2 aliphatic rings. The number of fused-ring (bicyclic) bond motifs is 1. The lowest BCUT2D eigenvalue weighted by Gasteiger charge is -2.16. The van der Waals surface area contributed by atoms with Gasteiger partial charge in [-0.2, -0.15) is 0 Å². The second kappa shape index (κ2) is 6.63. The maximum Gasteiger partial charge on any atom is 0.251 e. The van der Waals surface area contributed by atoms with Gasteiger partial charge in [-0.05, 0) is 42.3 Å². The average molecular weight is 373 g/mol. The molecular formula is C19H17ClN2O4. The van der Waals surface area contributed by atoms with Crippen LogP contribution in [0.25, 0.3) is 0 Å². The summed E-state index contributed by atoms with van der Waals surface area (Å²) in [6.07, 6.45) is 0.120. The van der Waals surface area contributed by atoms with Crippen LogP contribution >= 0.6 is 11.6 Å². The molecule has 0 aromatic heterocycles. The molecule has 6 nitrogen and oxygen atoms in total. The number of benzene rings is 2. The molecule has 26 heavy (non-hydrogen) atoms. The largest absolute Gasteiger partial charge is 0.454 e. The van der Waals surface area contributed by atoms with E-state index in [9.17, 15) is 9.59 Å². The minimum Gasteiger partial charge on any atom is -0.454 e.